The number of anilines is 2. The van der Waals surface area contributed by atoms with E-state index in [-0.39, 0.29) is 29.4 Å². The van der Waals surface area contributed by atoms with Crippen molar-refractivity contribution in [2.24, 2.45) is 0 Å². The molecule has 0 unspecified atom stereocenters. The number of hydrogen-bond acceptors (Lipinski definition) is 8. The van der Waals surface area contributed by atoms with Gasteiger partial charge in [-0.3, -0.25) is 4.79 Å². The lowest BCUT2D eigenvalue weighted by Crippen LogP contribution is -2.30. The van der Waals surface area contributed by atoms with E-state index in [1.165, 1.54) is 6.33 Å². The number of allylic oxidation sites excluding steroid dienone is 2. The Kier molecular flexibility index (Phi) is 6.33. The van der Waals surface area contributed by atoms with Crippen LogP contribution < -0.4 is 16.6 Å². The molecule has 1 aliphatic carbocycles. The Morgan fingerprint density at radius 2 is 2.15 bits per heavy atom. The molecule has 1 saturated carbocycles. The van der Waals surface area contributed by atoms with Crippen LogP contribution in [0.4, 0.5) is 11.6 Å². The van der Waals surface area contributed by atoms with Crippen molar-refractivity contribution in [1.29, 1.82) is 0 Å². The van der Waals surface area contributed by atoms with Crippen LogP contribution in [-0.2, 0) is 0 Å². The summed E-state index contributed by atoms with van der Waals surface area (Å²) in [7, 11) is 0. The second-order valence-corrected chi connectivity index (χ2v) is 8.40. The monoisotopic (exact) mass is 467 g/mol. The van der Waals surface area contributed by atoms with Gasteiger partial charge in [0.15, 0.2) is 0 Å². The largest absolute Gasteiger partial charge is 0.421 e. The Bertz CT molecular complexity index is 1290. The van der Waals surface area contributed by atoms with Gasteiger partial charge < -0.3 is 20.0 Å². The molecule has 1 fully saturated rings. The number of aryl methyl sites for hydroxylation is 2. The lowest BCUT2D eigenvalue weighted by Gasteiger charge is -2.25. The summed E-state index contributed by atoms with van der Waals surface area (Å²) in [4.78, 5) is 22.0. The van der Waals surface area contributed by atoms with Crippen molar-refractivity contribution in [2.45, 2.75) is 52.1 Å². The molecule has 33 heavy (non-hydrogen) atoms. The van der Waals surface area contributed by atoms with E-state index in [0.717, 1.165) is 24.1 Å². The first-order valence-corrected chi connectivity index (χ1v) is 11.2. The molecule has 0 aromatic carbocycles. The fraction of sp³-hybridized carbons (Fsp3) is 0.348. The van der Waals surface area contributed by atoms with Gasteiger partial charge >= 0.3 is 0 Å². The Hall–Kier alpha value is -3.46. The van der Waals surface area contributed by atoms with Crippen LogP contribution in [0.1, 0.15) is 61.0 Å². The smallest absolute Gasteiger partial charge is 0.260 e. The number of hydrogen-bond donors (Lipinski definition) is 2. The third-order valence-corrected chi connectivity index (χ3v) is 5.89. The molecule has 0 aliphatic heterocycles. The molecule has 4 rings (SSSR count). The summed E-state index contributed by atoms with van der Waals surface area (Å²) in [5, 5.41) is 11.8. The first kappa shape index (κ1) is 22.7. The molecule has 10 heteroatoms. The molecule has 0 spiro atoms. The van der Waals surface area contributed by atoms with Gasteiger partial charge in [0.05, 0.1) is 16.6 Å². The number of nitrogens with zero attached hydrogens (tertiary/aromatic N) is 5. The molecule has 3 heterocycles. The lowest BCUT2D eigenvalue weighted by atomic mass is 10.0. The Morgan fingerprint density at radius 1 is 1.39 bits per heavy atom. The summed E-state index contributed by atoms with van der Waals surface area (Å²) in [6.45, 7) is 9.31. The molecule has 1 atom stereocenters. The molecule has 3 aromatic rings. The van der Waals surface area contributed by atoms with Crippen molar-refractivity contribution < 1.29 is 4.42 Å². The topological polar surface area (TPSA) is 125 Å². The van der Waals surface area contributed by atoms with E-state index < -0.39 is 0 Å². The Labute approximate surface area is 196 Å². The van der Waals surface area contributed by atoms with Gasteiger partial charge in [-0.05, 0) is 43.9 Å². The maximum atomic E-state index is 13.5. The van der Waals surface area contributed by atoms with Crippen molar-refractivity contribution in [1.82, 2.24) is 24.7 Å². The minimum atomic E-state index is -0.231. The molecule has 0 amide bonds. The van der Waals surface area contributed by atoms with E-state index in [1.807, 2.05) is 24.5 Å². The zero-order valence-electron chi connectivity index (χ0n) is 18.8. The standard InChI is InChI=1S/C23H26ClN7O2/c1-5-7-15(24)18-12(3)10-17(31(23(18)32)14-8-9-14)16(6-2)28-21-19(20(25)26-11-27-21)22-30-29-13(4)33-22/h5,7,10-11,14,16H,1,6,8-9H2,2-4H3,(H3,25,26,27,28)/b15-7+/t16-/m0/s1. The van der Waals surface area contributed by atoms with Crippen LogP contribution in [0, 0.1) is 13.8 Å². The van der Waals surface area contributed by atoms with Crippen molar-refractivity contribution in [3.05, 3.63) is 64.2 Å². The van der Waals surface area contributed by atoms with E-state index in [1.54, 1.807) is 19.1 Å². The molecule has 0 saturated heterocycles. The van der Waals surface area contributed by atoms with E-state index in [4.69, 9.17) is 21.8 Å². The summed E-state index contributed by atoms with van der Waals surface area (Å²) in [5.41, 5.74) is 8.61. The molecule has 172 valence electrons. The predicted molar refractivity (Wildman–Crippen MR) is 129 cm³/mol. The zero-order chi connectivity index (χ0) is 23.7. The average Bonchev–Trinajstić information content (AvgIpc) is 3.51. The van der Waals surface area contributed by atoms with Crippen LogP contribution in [0.15, 0.2) is 40.3 Å². The Balaban J connectivity index is 1.82. The van der Waals surface area contributed by atoms with Crippen LogP contribution in [-0.4, -0.2) is 24.7 Å². The molecular weight excluding hydrogens is 442 g/mol. The summed E-state index contributed by atoms with van der Waals surface area (Å²) in [5.74, 6) is 1.32. The van der Waals surface area contributed by atoms with E-state index >= 15 is 0 Å². The fourth-order valence-corrected chi connectivity index (χ4v) is 4.21. The van der Waals surface area contributed by atoms with Crippen LogP contribution in [0.2, 0.25) is 0 Å². The number of nitrogen functional groups attached to an aromatic ring is 1. The summed E-state index contributed by atoms with van der Waals surface area (Å²) >= 11 is 6.42. The second kappa shape index (κ2) is 9.19. The summed E-state index contributed by atoms with van der Waals surface area (Å²) in [6.07, 6.45) is 7.17. The lowest BCUT2D eigenvalue weighted by molar-refractivity contribution is 0.532. The van der Waals surface area contributed by atoms with Crippen LogP contribution in [0.25, 0.3) is 16.5 Å². The highest BCUT2D eigenvalue weighted by molar-refractivity contribution is 6.49. The van der Waals surface area contributed by atoms with Gasteiger partial charge in [-0.25, -0.2) is 9.97 Å². The molecule has 0 radical (unpaired) electrons. The van der Waals surface area contributed by atoms with Crippen molar-refractivity contribution in [3.8, 4) is 11.5 Å². The van der Waals surface area contributed by atoms with Gasteiger partial charge in [0.25, 0.3) is 11.4 Å². The molecule has 1 aliphatic rings. The molecular formula is C23H26ClN7O2. The minimum absolute atomic E-state index is 0.106. The van der Waals surface area contributed by atoms with E-state index in [0.29, 0.717) is 34.3 Å². The highest BCUT2D eigenvalue weighted by Crippen LogP contribution is 2.39. The predicted octanol–water partition coefficient (Wildman–Crippen LogP) is 4.55. The molecule has 3 aromatic heterocycles. The molecule has 3 N–H and O–H groups in total. The average molecular weight is 468 g/mol. The third-order valence-electron chi connectivity index (χ3n) is 5.58. The quantitative estimate of drug-likeness (QED) is 0.462. The van der Waals surface area contributed by atoms with Gasteiger partial charge in [0.1, 0.15) is 23.5 Å². The molecule has 0 bridgehead atoms. The number of nitrogens with two attached hydrogens (primary N) is 1. The van der Waals surface area contributed by atoms with E-state index in [9.17, 15) is 4.79 Å². The summed E-state index contributed by atoms with van der Waals surface area (Å²) < 4.78 is 7.43. The van der Waals surface area contributed by atoms with E-state index in [2.05, 4.69) is 32.1 Å². The number of nitrogens with one attached hydrogen (secondary N) is 1. The maximum Gasteiger partial charge on any atom is 0.260 e. The SMILES string of the molecule is C=C/C=C(/Cl)c1c(C)cc([C@H](CC)Nc2ncnc(N)c2-c2nnc(C)o2)n(C2CC2)c1=O. The Morgan fingerprint density at radius 3 is 2.76 bits per heavy atom. The maximum absolute atomic E-state index is 13.5. The van der Waals surface area contributed by atoms with Crippen molar-refractivity contribution in [2.75, 3.05) is 11.1 Å². The van der Waals surface area contributed by atoms with Gasteiger partial charge in [-0.1, -0.05) is 31.2 Å². The van der Waals surface area contributed by atoms with Gasteiger partial charge in [-0.15, -0.1) is 10.2 Å². The number of pyridine rings is 1. The normalized spacial score (nSPS) is 14.8. The summed E-state index contributed by atoms with van der Waals surface area (Å²) in [6, 6.07) is 1.92. The zero-order valence-corrected chi connectivity index (χ0v) is 19.6. The number of rotatable bonds is 8. The highest BCUT2D eigenvalue weighted by Gasteiger charge is 2.31. The van der Waals surface area contributed by atoms with Gasteiger partial charge in [-0.2, -0.15) is 0 Å². The van der Waals surface area contributed by atoms with Crippen molar-refractivity contribution in [3.63, 3.8) is 0 Å². The van der Waals surface area contributed by atoms with Crippen LogP contribution in [0.3, 0.4) is 0 Å². The number of halogens is 1. The fourth-order valence-electron chi connectivity index (χ4n) is 3.89. The first-order valence-electron chi connectivity index (χ1n) is 10.8. The minimum Gasteiger partial charge on any atom is -0.421 e. The second-order valence-electron chi connectivity index (χ2n) is 8.00. The van der Waals surface area contributed by atoms with Crippen molar-refractivity contribution >= 4 is 28.3 Å². The van der Waals surface area contributed by atoms with Crippen LogP contribution in [0.5, 0.6) is 0 Å². The van der Waals surface area contributed by atoms with Gasteiger partial charge in [0, 0.05) is 18.7 Å². The highest BCUT2D eigenvalue weighted by atomic mass is 35.5. The van der Waals surface area contributed by atoms with Crippen LogP contribution >= 0.6 is 11.6 Å². The third kappa shape index (κ3) is 4.41. The molecule has 9 nitrogen and oxygen atoms in total. The first-order chi connectivity index (χ1) is 15.8. The van der Waals surface area contributed by atoms with Gasteiger partial charge in [0.2, 0.25) is 5.89 Å². The number of aromatic nitrogens is 5.